The Labute approximate surface area is 104 Å². The third-order valence-corrected chi connectivity index (χ3v) is 2.43. The average molecular weight is 247 g/mol. The number of rotatable bonds is 4. The van der Waals surface area contributed by atoms with Gasteiger partial charge in [0.25, 0.3) is 0 Å². The molecule has 0 radical (unpaired) electrons. The number of aromatic carboxylic acids is 1. The van der Waals surface area contributed by atoms with E-state index < -0.39 is 5.97 Å². The van der Waals surface area contributed by atoms with Gasteiger partial charge in [-0.15, -0.1) is 0 Å². The number of carboxylic acid groups (broad SMARTS) is 1. The minimum atomic E-state index is -1.03. The Hall–Kier alpha value is -2.37. The molecule has 0 bridgehead atoms. The Morgan fingerprint density at radius 3 is 2.89 bits per heavy atom. The first-order valence-electron chi connectivity index (χ1n) is 5.44. The quantitative estimate of drug-likeness (QED) is 0.861. The van der Waals surface area contributed by atoms with Gasteiger partial charge in [0, 0.05) is 12.4 Å². The number of nitrogens with zero attached hydrogens (tertiary/aromatic N) is 2. The van der Waals surface area contributed by atoms with Crippen LogP contribution in [0.5, 0.6) is 0 Å². The van der Waals surface area contributed by atoms with Gasteiger partial charge in [0.2, 0.25) is 5.89 Å². The van der Waals surface area contributed by atoms with Gasteiger partial charge in [-0.3, -0.25) is 4.98 Å². The second kappa shape index (κ2) is 4.87. The van der Waals surface area contributed by atoms with Gasteiger partial charge in [0.05, 0.1) is 11.9 Å². The number of carboxylic acids is 1. The van der Waals surface area contributed by atoms with Crippen LogP contribution in [0.3, 0.4) is 0 Å². The van der Waals surface area contributed by atoms with Crippen molar-refractivity contribution < 1.29 is 14.3 Å². The molecule has 94 valence electrons. The summed E-state index contributed by atoms with van der Waals surface area (Å²) in [4.78, 5) is 18.9. The molecule has 1 unspecified atom stereocenters. The number of hydrogen-bond acceptors (Lipinski definition) is 5. The zero-order valence-corrected chi connectivity index (χ0v) is 10.0. The summed E-state index contributed by atoms with van der Waals surface area (Å²) in [6.45, 7) is 3.65. The van der Waals surface area contributed by atoms with Crippen molar-refractivity contribution in [1.82, 2.24) is 9.97 Å². The number of anilines is 1. The number of hydrogen-bond donors (Lipinski definition) is 2. The van der Waals surface area contributed by atoms with E-state index in [9.17, 15) is 4.79 Å². The highest BCUT2D eigenvalue weighted by Crippen LogP contribution is 2.21. The first-order valence-corrected chi connectivity index (χ1v) is 5.44. The lowest BCUT2D eigenvalue weighted by Gasteiger charge is -2.13. The molecule has 0 amide bonds. The number of oxazole rings is 1. The predicted octanol–water partition coefficient (Wildman–Crippen LogP) is 2.25. The maximum absolute atomic E-state index is 11.0. The molecular weight excluding hydrogens is 234 g/mol. The normalized spacial score (nSPS) is 12.1. The molecule has 0 aliphatic rings. The summed E-state index contributed by atoms with van der Waals surface area (Å²) in [7, 11) is 0. The van der Waals surface area contributed by atoms with Crippen molar-refractivity contribution in [2.24, 2.45) is 0 Å². The van der Waals surface area contributed by atoms with E-state index in [1.165, 1.54) is 12.4 Å². The van der Waals surface area contributed by atoms with Crippen molar-refractivity contribution in [1.29, 1.82) is 0 Å². The minimum Gasteiger partial charge on any atom is -0.478 e. The summed E-state index contributed by atoms with van der Waals surface area (Å²) in [6.07, 6.45) is 4.46. The van der Waals surface area contributed by atoms with Gasteiger partial charge in [-0.05, 0) is 19.9 Å². The maximum Gasteiger partial charge on any atom is 0.339 e. The lowest BCUT2D eigenvalue weighted by Crippen LogP contribution is -2.11. The fourth-order valence-electron chi connectivity index (χ4n) is 1.56. The van der Waals surface area contributed by atoms with Crippen molar-refractivity contribution in [3.05, 3.63) is 41.9 Å². The predicted molar refractivity (Wildman–Crippen MR) is 64.5 cm³/mol. The van der Waals surface area contributed by atoms with E-state index in [1.807, 2.05) is 6.92 Å². The molecule has 2 aromatic rings. The molecule has 2 heterocycles. The van der Waals surface area contributed by atoms with Crippen molar-refractivity contribution in [3.63, 3.8) is 0 Å². The smallest absolute Gasteiger partial charge is 0.339 e. The van der Waals surface area contributed by atoms with Gasteiger partial charge in [-0.2, -0.15) is 0 Å². The standard InChI is InChI=1S/C12H13N3O3/c1-7-5-14-11(18-7)8(2)15-10-3-4-13-6-9(10)12(16)17/h3-6,8H,1-2H3,(H,13,15)(H,16,17). The molecule has 18 heavy (non-hydrogen) atoms. The molecular formula is C12H13N3O3. The second-order valence-electron chi connectivity index (χ2n) is 3.90. The Bertz CT molecular complexity index is 565. The van der Waals surface area contributed by atoms with Crippen LogP contribution < -0.4 is 5.32 Å². The van der Waals surface area contributed by atoms with E-state index >= 15 is 0 Å². The van der Waals surface area contributed by atoms with Gasteiger partial charge in [0.1, 0.15) is 17.4 Å². The molecule has 0 aliphatic heterocycles. The van der Waals surface area contributed by atoms with Gasteiger partial charge in [0.15, 0.2) is 0 Å². The van der Waals surface area contributed by atoms with Crippen LogP contribution in [0.25, 0.3) is 0 Å². The first kappa shape index (κ1) is 12.1. The fraction of sp³-hybridized carbons (Fsp3) is 0.250. The Balaban J connectivity index is 2.21. The zero-order chi connectivity index (χ0) is 13.1. The van der Waals surface area contributed by atoms with Crippen LogP contribution in [0.15, 0.2) is 29.1 Å². The first-order chi connectivity index (χ1) is 8.58. The third kappa shape index (κ3) is 2.48. The summed E-state index contributed by atoms with van der Waals surface area (Å²) in [5.74, 6) is 0.203. The number of pyridine rings is 1. The molecule has 0 fully saturated rings. The molecule has 0 spiro atoms. The molecule has 2 rings (SSSR count). The molecule has 0 aromatic carbocycles. The van der Waals surface area contributed by atoms with Crippen LogP contribution in [0.4, 0.5) is 5.69 Å². The Morgan fingerprint density at radius 1 is 1.50 bits per heavy atom. The molecule has 0 saturated heterocycles. The van der Waals surface area contributed by atoms with Crippen LogP contribution in [0.1, 0.15) is 35.0 Å². The number of aromatic nitrogens is 2. The summed E-state index contributed by atoms with van der Waals surface area (Å²) in [6, 6.07) is 1.38. The van der Waals surface area contributed by atoms with Gasteiger partial charge in [-0.1, -0.05) is 0 Å². The largest absolute Gasteiger partial charge is 0.478 e. The highest BCUT2D eigenvalue weighted by atomic mass is 16.4. The van der Waals surface area contributed by atoms with Crippen LogP contribution in [0.2, 0.25) is 0 Å². The number of carbonyl (C=O) groups is 1. The Morgan fingerprint density at radius 2 is 2.28 bits per heavy atom. The van der Waals surface area contributed by atoms with Crippen LogP contribution in [0, 0.1) is 6.92 Å². The van der Waals surface area contributed by atoms with Gasteiger partial charge in [-0.25, -0.2) is 9.78 Å². The van der Waals surface area contributed by atoms with Crippen molar-refractivity contribution >= 4 is 11.7 Å². The molecule has 1 atom stereocenters. The molecule has 2 aromatic heterocycles. The highest BCUT2D eigenvalue weighted by Gasteiger charge is 2.15. The minimum absolute atomic E-state index is 0.118. The van der Waals surface area contributed by atoms with E-state index in [4.69, 9.17) is 9.52 Å². The SMILES string of the molecule is Cc1cnc(C(C)Nc2ccncc2C(=O)O)o1. The summed E-state index contributed by atoms with van der Waals surface area (Å²) >= 11 is 0. The molecule has 2 N–H and O–H groups in total. The molecule has 0 saturated carbocycles. The van der Waals surface area contributed by atoms with Crippen molar-refractivity contribution in [2.45, 2.75) is 19.9 Å². The number of aryl methyl sites for hydroxylation is 1. The lowest BCUT2D eigenvalue weighted by molar-refractivity contribution is 0.0697. The van der Waals surface area contributed by atoms with E-state index in [1.54, 1.807) is 19.2 Å². The van der Waals surface area contributed by atoms with E-state index in [2.05, 4.69) is 15.3 Å². The van der Waals surface area contributed by atoms with E-state index in [0.717, 1.165) is 0 Å². The molecule has 6 heteroatoms. The van der Waals surface area contributed by atoms with Crippen LogP contribution in [-0.2, 0) is 0 Å². The monoisotopic (exact) mass is 247 g/mol. The fourth-order valence-corrected chi connectivity index (χ4v) is 1.56. The van der Waals surface area contributed by atoms with Gasteiger partial charge >= 0.3 is 5.97 Å². The number of nitrogens with one attached hydrogen (secondary N) is 1. The topological polar surface area (TPSA) is 88.2 Å². The second-order valence-corrected chi connectivity index (χ2v) is 3.90. The van der Waals surface area contributed by atoms with Crippen molar-refractivity contribution in [2.75, 3.05) is 5.32 Å². The zero-order valence-electron chi connectivity index (χ0n) is 10.0. The van der Waals surface area contributed by atoms with Crippen molar-refractivity contribution in [3.8, 4) is 0 Å². The highest BCUT2D eigenvalue weighted by molar-refractivity contribution is 5.93. The van der Waals surface area contributed by atoms with Gasteiger partial charge < -0.3 is 14.8 Å². The molecule has 0 aliphatic carbocycles. The molecule has 6 nitrogen and oxygen atoms in total. The summed E-state index contributed by atoms with van der Waals surface area (Å²) < 4.78 is 5.38. The average Bonchev–Trinajstić information content (AvgIpc) is 2.76. The third-order valence-electron chi connectivity index (χ3n) is 2.43. The maximum atomic E-state index is 11.0. The van der Waals surface area contributed by atoms with E-state index in [0.29, 0.717) is 17.3 Å². The summed E-state index contributed by atoms with van der Waals surface area (Å²) in [5.41, 5.74) is 0.605. The Kier molecular flexibility index (Phi) is 3.27. The van der Waals surface area contributed by atoms with E-state index in [-0.39, 0.29) is 11.6 Å². The van der Waals surface area contributed by atoms with Crippen LogP contribution in [-0.4, -0.2) is 21.0 Å². The summed E-state index contributed by atoms with van der Waals surface area (Å²) in [5, 5.41) is 12.1. The van der Waals surface area contributed by atoms with Crippen LogP contribution >= 0.6 is 0 Å². The lowest BCUT2D eigenvalue weighted by atomic mass is 10.2.